The number of nitrogens with zero attached hydrogens (tertiary/aromatic N) is 3. The van der Waals surface area contributed by atoms with Gasteiger partial charge in [0, 0.05) is 32.9 Å². The lowest BCUT2D eigenvalue weighted by molar-refractivity contribution is 0.102. The standard InChI is InChI=1S/C21H24N4O4S2/c1-24(2)31(27,28)14-9-10-16(25-11-4-5-12-25)15(13-14)20(26)23-21-22-19-17(29-3)7-6-8-18(19)30-21/h6-10,13H,4-5,11-12H2,1-3H3,(H,22,23,26). The maximum Gasteiger partial charge on any atom is 0.259 e. The van der Waals surface area contributed by atoms with Gasteiger partial charge in [-0.05, 0) is 43.2 Å². The van der Waals surface area contributed by atoms with E-state index >= 15 is 0 Å². The van der Waals surface area contributed by atoms with Crippen molar-refractivity contribution < 1.29 is 17.9 Å². The van der Waals surface area contributed by atoms with Crippen molar-refractivity contribution in [2.24, 2.45) is 0 Å². The number of para-hydroxylation sites is 1. The second kappa shape index (κ2) is 8.45. The molecule has 0 aliphatic carbocycles. The molecule has 0 unspecified atom stereocenters. The average molecular weight is 461 g/mol. The average Bonchev–Trinajstić information content (AvgIpc) is 3.42. The van der Waals surface area contributed by atoms with Crippen LogP contribution in [0, 0.1) is 0 Å². The third kappa shape index (κ3) is 4.10. The van der Waals surface area contributed by atoms with E-state index < -0.39 is 15.9 Å². The molecular formula is C21H24N4O4S2. The highest BCUT2D eigenvalue weighted by Crippen LogP contribution is 2.33. The molecule has 1 N–H and O–H groups in total. The second-order valence-corrected chi connectivity index (χ2v) is 10.6. The maximum absolute atomic E-state index is 13.3. The van der Waals surface area contributed by atoms with Crippen LogP contribution in [0.3, 0.4) is 0 Å². The molecule has 3 aromatic rings. The minimum absolute atomic E-state index is 0.0802. The number of hydrogen-bond acceptors (Lipinski definition) is 7. The number of nitrogens with one attached hydrogen (secondary N) is 1. The van der Waals surface area contributed by atoms with E-state index in [0.717, 1.165) is 40.6 Å². The molecule has 10 heteroatoms. The fourth-order valence-electron chi connectivity index (χ4n) is 3.61. The van der Waals surface area contributed by atoms with E-state index in [1.807, 2.05) is 18.2 Å². The Morgan fingerprint density at radius 3 is 2.61 bits per heavy atom. The number of sulfonamides is 1. The number of methoxy groups -OCH3 is 1. The minimum Gasteiger partial charge on any atom is -0.494 e. The summed E-state index contributed by atoms with van der Waals surface area (Å²) in [6.45, 7) is 1.66. The third-order valence-electron chi connectivity index (χ3n) is 5.26. The summed E-state index contributed by atoms with van der Waals surface area (Å²) in [5.74, 6) is 0.238. The molecule has 0 radical (unpaired) electrons. The Morgan fingerprint density at radius 2 is 1.94 bits per heavy atom. The number of rotatable bonds is 6. The Kier molecular flexibility index (Phi) is 5.87. The van der Waals surface area contributed by atoms with Crippen molar-refractivity contribution >= 4 is 48.3 Å². The SMILES string of the molecule is COc1cccc2sc(NC(=O)c3cc(S(=O)(=O)N(C)C)ccc3N3CCCC3)nc12. The van der Waals surface area contributed by atoms with E-state index in [1.54, 1.807) is 19.2 Å². The molecule has 1 aliphatic rings. The topological polar surface area (TPSA) is 91.8 Å². The minimum atomic E-state index is -3.67. The van der Waals surface area contributed by atoms with Crippen LogP contribution in [-0.2, 0) is 10.0 Å². The van der Waals surface area contributed by atoms with Gasteiger partial charge >= 0.3 is 0 Å². The molecule has 4 rings (SSSR count). The zero-order valence-corrected chi connectivity index (χ0v) is 19.2. The summed E-state index contributed by atoms with van der Waals surface area (Å²) in [6.07, 6.45) is 2.08. The predicted octanol–water partition coefficient (Wildman–Crippen LogP) is 3.41. The van der Waals surface area contributed by atoms with Gasteiger partial charge in [0.2, 0.25) is 10.0 Å². The zero-order valence-electron chi connectivity index (χ0n) is 17.6. The molecule has 0 spiro atoms. The fraction of sp³-hybridized carbons (Fsp3) is 0.333. The van der Waals surface area contributed by atoms with Crippen LogP contribution in [-0.4, -0.2) is 57.9 Å². The Labute approximate surface area is 185 Å². The maximum atomic E-state index is 13.3. The summed E-state index contributed by atoms with van der Waals surface area (Å²) < 4.78 is 32.7. The van der Waals surface area contributed by atoms with Gasteiger partial charge in [-0.2, -0.15) is 0 Å². The summed E-state index contributed by atoms with van der Waals surface area (Å²) in [7, 11) is 0.845. The highest BCUT2D eigenvalue weighted by Gasteiger charge is 2.25. The molecule has 8 nitrogen and oxygen atoms in total. The molecule has 1 saturated heterocycles. The van der Waals surface area contributed by atoms with Crippen molar-refractivity contribution in [2.45, 2.75) is 17.7 Å². The van der Waals surface area contributed by atoms with E-state index in [1.165, 1.54) is 31.5 Å². The number of benzene rings is 2. The molecule has 164 valence electrons. The number of aromatic nitrogens is 1. The normalized spacial score (nSPS) is 14.4. The summed E-state index contributed by atoms with van der Waals surface area (Å²) in [5, 5.41) is 3.28. The van der Waals surface area contributed by atoms with Crippen LogP contribution in [0.2, 0.25) is 0 Å². The lowest BCUT2D eigenvalue weighted by Gasteiger charge is -2.22. The number of anilines is 2. The van der Waals surface area contributed by atoms with Gasteiger partial charge in [-0.1, -0.05) is 17.4 Å². The van der Waals surface area contributed by atoms with Gasteiger partial charge in [0.25, 0.3) is 5.91 Å². The lowest BCUT2D eigenvalue weighted by atomic mass is 10.1. The molecule has 1 amide bonds. The zero-order chi connectivity index (χ0) is 22.2. The first-order valence-corrected chi connectivity index (χ1v) is 12.1. The van der Waals surface area contributed by atoms with Crippen LogP contribution >= 0.6 is 11.3 Å². The molecule has 0 saturated carbocycles. The molecule has 2 heterocycles. The highest BCUT2D eigenvalue weighted by molar-refractivity contribution is 7.89. The van der Waals surface area contributed by atoms with Crippen molar-refractivity contribution in [3.05, 3.63) is 42.0 Å². The Hall–Kier alpha value is -2.69. The fourth-order valence-corrected chi connectivity index (χ4v) is 5.41. The second-order valence-electron chi connectivity index (χ2n) is 7.44. The van der Waals surface area contributed by atoms with Crippen LogP contribution in [0.25, 0.3) is 10.2 Å². The molecular weight excluding hydrogens is 436 g/mol. The monoisotopic (exact) mass is 460 g/mol. The van der Waals surface area contributed by atoms with Crippen LogP contribution in [0.15, 0.2) is 41.3 Å². The van der Waals surface area contributed by atoms with Gasteiger partial charge in [0.05, 0.1) is 22.3 Å². The van der Waals surface area contributed by atoms with E-state index in [-0.39, 0.29) is 4.90 Å². The summed E-state index contributed by atoms with van der Waals surface area (Å²) in [6, 6.07) is 10.3. The van der Waals surface area contributed by atoms with Crippen molar-refractivity contribution in [2.75, 3.05) is 44.5 Å². The van der Waals surface area contributed by atoms with Gasteiger partial charge < -0.3 is 9.64 Å². The van der Waals surface area contributed by atoms with Crippen LogP contribution in [0.5, 0.6) is 5.75 Å². The van der Waals surface area contributed by atoms with Gasteiger partial charge in [0.1, 0.15) is 11.3 Å². The number of carbonyl (C=O) groups is 1. The number of carbonyl (C=O) groups excluding carboxylic acids is 1. The van der Waals surface area contributed by atoms with Crippen molar-refractivity contribution in [3.63, 3.8) is 0 Å². The van der Waals surface area contributed by atoms with E-state index in [0.29, 0.717) is 22.0 Å². The number of thiazole rings is 1. The third-order valence-corrected chi connectivity index (χ3v) is 8.01. The van der Waals surface area contributed by atoms with Gasteiger partial charge in [0.15, 0.2) is 5.13 Å². The first-order chi connectivity index (χ1) is 14.8. The molecule has 1 aliphatic heterocycles. The van der Waals surface area contributed by atoms with E-state index in [9.17, 15) is 13.2 Å². The number of hydrogen-bond donors (Lipinski definition) is 1. The summed E-state index contributed by atoms with van der Waals surface area (Å²) in [4.78, 5) is 20.0. The van der Waals surface area contributed by atoms with Crippen molar-refractivity contribution in [1.82, 2.24) is 9.29 Å². The van der Waals surface area contributed by atoms with Crippen molar-refractivity contribution in [3.8, 4) is 5.75 Å². The molecule has 31 heavy (non-hydrogen) atoms. The Bertz CT molecular complexity index is 1230. The smallest absolute Gasteiger partial charge is 0.259 e. The number of ether oxygens (including phenoxy) is 1. The number of fused-ring (bicyclic) bond motifs is 1. The first-order valence-electron chi connectivity index (χ1n) is 9.87. The molecule has 2 aromatic carbocycles. The van der Waals surface area contributed by atoms with Gasteiger partial charge in [-0.3, -0.25) is 10.1 Å². The summed E-state index contributed by atoms with van der Waals surface area (Å²) >= 11 is 1.34. The molecule has 0 atom stereocenters. The van der Waals surface area contributed by atoms with E-state index in [2.05, 4.69) is 15.2 Å². The molecule has 1 aromatic heterocycles. The first kappa shape index (κ1) is 21.5. The van der Waals surface area contributed by atoms with Crippen LogP contribution in [0.1, 0.15) is 23.2 Å². The Morgan fingerprint density at radius 1 is 1.19 bits per heavy atom. The Balaban J connectivity index is 1.73. The van der Waals surface area contributed by atoms with Crippen LogP contribution < -0.4 is 15.0 Å². The van der Waals surface area contributed by atoms with Crippen molar-refractivity contribution in [1.29, 1.82) is 0 Å². The largest absolute Gasteiger partial charge is 0.494 e. The van der Waals surface area contributed by atoms with Gasteiger partial charge in [-0.15, -0.1) is 0 Å². The quantitative estimate of drug-likeness (QED) is 0.606. The van der Waals surface area contributed by atoms with Crippen LogP contribution in [0.4, 0.5) is 10.8 Å². The van der Waals surface area contributed by atoms with Gasteiger partial charge in [-0.25, -0.2) is 17.7 Å². The number of amides is 1. The molecule has 0 bridgehead atoms. The highest BCUT2D eigenvalue weighted by atomic mass is 32.2. The lowest BCUT2D eigenvalue weighted by Crippen LogP contribution is -2.25. The molecule has 1 fully saturated rings. The van der Waals surface area contributed by atoms with E-state index in [4.69, 9.17) is 4.74 Å². The summed E-state index contributed by atoms with van der Waals surface area (Å²) in [5.41, 5.74) is 1.72. The predicted molar refractivity (Wildman–Crippen MR) is 123 cm³/mol.